The zero-order valence-electron chi connectivity index (χ0n) is 14.7. The summed E-state index contributed by atoms with van der Waals surface area (Å²) >= 11 is 5.89. The minimum Gasteiger partial charge on any atom is -0.356 e. The molecule has 2 amide bonds. The van der Waals surface area contributed by atoms with E-state index in [0.717, 1.165) is 24.9 Å². The number of anilines is 1. The van der Waals surface area contributed by atoms with Crippen LogP contribution in [-0.4, -0.2) is 24.9 Å². The summed E-state index contributed by atoms with van der Waals surface area (Å²) < 4.78 is 0. The molecule has 4 nitrogen and oxygen atoms in total. The van der Waals surface area contributed by atoms with Crippen LogP contribution in [0, 0.1) is 5.92 Å². The third-order valence-electron chi connectivity index (χ3n) is 4.67. The van der Waals surface area contributed by atoms with Gasteiger partial charge in [0, 0.05) is 30.2 Å². The fraction of sp³-hybridized carbons (Fsp3) is 0.333. The van der Waals surface area contributed by atoms with Gasteiger partial charge in [0.2, 0.25) is 11.8 Å². The second-order valence-electron chi connectivity index (χ2n) is 6.62. The Bertz CT molecular complexity index is 746. The Kier molecular flexibility index (Phi) is 6.29. The van der Waals surface area contributed by atoms with Crippen LogP contribution < -0.4 is 10.2 Å². The van der Waals surface area contributed by atoms with Gasteiger partial charge in [-0.1, -0.05) is 41.9 Å². The highest BCUT2D eigenvalue weighted by Gasteiger charge is 2.34. The summed E-state index contributed by atoms with van der Waals surface area (Å²) in [6, 6.07) is 17.5. The third-order valence-corrected chi connectivity index (χ3v) is 4.92. The minimum atomic E-state index is -0.285. The van der Waals surface area contributed by atoms with Crippen LogP contribution in [0.15, 0.2) is 54.6 Å². The van der Waals surface area contributed by atoms with Crippen molar-refractivity contribution < 1.29 is 9.59 Å². The topological polar surface area (TPSA) is 49.4 Å². The van der Waals surface area contributed by atoms with Crippen molar-refractivity contribution in [3.05, 3.63) is 65.2 Å². The molecule has 26 heavy (non-hydrogen) atoms. The number of nitrogens with one attached hydrogen (secondary N) is 1. The summed E-state index contributed by atoms with van der Waals surface area (Å²) in [5, 5.41) is 3.60. The molecular formula is C21H23ClN2O2. The van der Waals surface area contributed by atoms with Gasteiger partial charge in [0.25, 0.3) is 0 Å². The Labute approximate surface area is 159 Å². The highest BCUT2D eigenvalue weighted by Crippen LogP contribution is 2.26. The van der Waals surface area contributed by atoms with Crippen molar-refractivity contribution in [3.63, 3.8) is 0 Å². The standard InChI is InChI=1S/C21H23ClN2O2/c22-18-9-11-19(12-10-18)24-15-17(14-20(24)25)21(26)23-13-5-4-8-16-6-2-1-3-7-16/h1-3,6-7,9-12,17H,4-5,8,13-15H2,(H,23,26)/t17-/m0/s1. The monoisotopic (exact) mass is 370 g/mol. The zero-order valence-corrected chi connectivity index (χ0v) is 15.4. The Morgan fingerprint density at radius 2 is 1.81 bits per heavy atom. The van der Waals surface area contributed by atoms with E-state index in [4.69, 9.17) is 11.6 Å². The van der Waals surface area contributed by atoms with Crippen molar-refractivity contribution in [2.45, 2.75) is 25.7 Å². The summed E-state index contributed by atoms with van der Waals surface area (Å²) in [6.45, 7) is 1.08. The summed E-state index contributed by atoms with van der Waals surface area (Å²) in [5.74, 6) is -0.335. The van der Waals surface area contributed by atoms with Crippen LogP contribution in [0.1, 0.15) is 24.8 Å². The highest BCUT2D eigenvalue weighted by atomic mass is 35.5. The Morgan fingerprint density at radius 3 is 2.54 bits per heavy atom. The normalized spacial score (nSPS) is 16.7. The first-order valence-electron chi connectivity index (χ1n) is 9.01. The average molecular weight is 371 g/mol. The molecule has 2 aromatic rings. The molecule has 1 saturated heterocycles. The SMILES string of the molecule is O=C(NCCCCc1ccccc1)[C@H]1CC(=O)N(c2ccc(Cl)cc2)C1. The number of benzene rings is 2. The van der Waals surface area contributed by atoms with E-state index in [0.29, 0.717) is 18.1 Å². The fourth-order valence-corrected chi connectivity index (χ4v) is 3.33. The Hall–Kier alpha value is -2.33. The van der Waals surface area contributed by atoms with Crippen LogP contribution in [0.4, 0.5) is 5.69 Å². The molecular weight excluding hydrogens is 348 g/mol. The molecule has 0 saturated carbocycles. The van der Waals surface area contributed by atoms with Crippen LogP contribution in [0.25, 0.3) is 0 Å². The van der Waals surface area contributed by atoms with Gasteiger partial charge < -0.3 is 10.2 Å². The van der Waals surface area contributed by atoms with Crippen LogP contribution in [0.5, 0.6) is 0 Å². The number of nitrogens with zero attached hydrogens (tertiary/aromatic N) is 1. The fourth-order valence-electron chi connectivity index (χ4n) is 3.21. The number of carbonyl (C=O) groups is 2. The van der Waals surface area contributed by atoms with Crippen molar-refractivity contribution in [1.82, 2.24) is 5.32 Å². The molecule has 1 aliphatic heterocycles. The first-order chi connectivity index (χ1) is 12.6. The van der Waals surface area contributed by atoms with Crippen LogP contribution >= 0.6 is 11.6 Å². The van der Waals surface area contributed by atoms with Crippen molar-refractivity contribution in [3.8, 4) is 0 Å². The maximum Gasteiger partial charge on any atom is 0.227 e. The lowest BCUT2D eigenvalue weighted by atomic mass is 10.1. The van der Waals surface area contributed by atoms with E-state index in [-0.39, 0.29) is 24.2 Å². The van der Waals surface area contributed by atoms with Gasteiger partial charge in [0.15, 0.2) is 0 Å². The van der Waals surface area contributed by atoms with Gasteiger partial charge in [-0.3, -0.25) is 9.59 Å². The summed E-state index contributed by atoms with van der Waals surface area (Å²) in [6.07, 6.45) is 3.24. The smallest absolute Gasteiger partial charge is 0.227 e. The maximum absolute atomic E-state index is 12.3. The van der Waals surface area contributed by atoms with E-state index in [1.54, 1.807) is 17.0 Å². The molecule has 0 aromatic heterocycles. The molecule has 3 rings (SSSR count). The predicted molar refractivity (Wildman–Crippen MR) is 104 cm³/mol. The van der Waals surface area contributed by atoms with E-state index >= 15 is 0 Å². The number of halogens is 1. The molecule has 5 heteroatoms. The van der Waals surface area contributed by atoms with Crippen molar-refractivity contribution in [1.29, 1.82) is 0 Å². The summed E-state index contributed by atoms with van der Waals surface area (Å²) in [5.41, 5.74) is 2.11. The van der Waals surface area contributed by atoms with Gasteiger partial charge in [-0.2, -0.15) is 0 Å². The van der Waals surface area contributed by atoms with Gasteiger partial charge in [-0.05, 0) is 49.1 Å². The molecule has 0 unspecified atom stereocenters. The zero-order chi connectivity index (χ0) is 18.4. The molecule has 0 spiro atoms. The number of rotatable bonds is 7. The lowest BCUT2D eigenvalue weighted by Crippen LogP contribution is -2.33. The van der Waals surface area contributed by atoms with Gasteiger partial charge in [0.05, 0.1) is 5.92 Å². The molecule has 2 aromatic carbocycles. The van der Waals surface area contributed by atoms with Crippen molar-refractivity contribution in [2.75, 3.05) is 18.0 Å². The number of unbranched alkanes of at least 4 members (excludes halogenated alkanes) is 1. The molecule has 1 heterocycles. The summed E-state index contributed by atoms with van der Waals surface area (Å²) in [4.78, 5) is 26.2. The number of carbonyl (C=O) groups excluding carboxylic acids is 2. The molecule has 0 aliphatic carbocycles. The Balaban J connectivity index is 1.41. The number of aryl methyl sites for hydroxylation is 1. The second-order valence-corrected chi connectivity index (χ2v) is 7.05. The Morgan fingerprint density at radius 1 is 1.08 bits per heavy atom. The molecule has 0 bridgehead atoms. The number of hydrogen-bond donors (Lipinski definition) is 1. The van der Waals surface area contributed by atoms with Crippen molar-refractivity contribution in [2.24, 2.45) is 5.92 Å². The van der Waals surface area contributed by atoms with Gasteiger partial charge in [-0.15, -0.1) is 0 Å². The molecule has 1 aliphatic rings. The number of amides is 2. The van der Waals surface area contributed by atoms with E-state index in [1.807, 2.05) is 30.3 Å². The molecule has 0 radical (unpaired) electrons. The van der Waals surface area contributed by atoms with Gasteiger partial charge in [-0.25, -0.2) is 0 Å². The second kappa shape index (κ2) is 8.86. The average Bonchev–Trinajstić information content (AvgIpc) is 3.05. The third kappa shape index (κ3) is 4.85. The van der Waals surface area contributed by atoms with Gasteiger partial charge in [0.1, 0.15) is 0 Å². The van der Waals surface area contributed by atoms with E-state index < -0.39 is 0 Å². The minimum absolute atomic E-state index is 0.0171. The van der Waals surface area contributed by atoms with E-state index in [9.17, 15) is 9.59 Å². The molecule has 1 N–H and O–H groups in total. The van der Waals surface area contributed by atoms with Crippen LogP contribution in [0.2, 0.25) is 5.02 Å². The molecule has 136 valence electrons. The summed E-state index contributed by atoms with van der Waals surface area (Å²) in [7, 11) is 0. The van der Waals surface area contributed by atoms with Crippen molar-refractivity contribution >= 4 is 29.1 Å². The van der Waals surface area contributed by atoms with E-state index in [2.05, 4.69) is 17.4 Å². The predicted octanol–water partition coefficient (Wildman–Crippen LogP) is 3.83. The molecule has 1 atom stereocenters. The van der Waals surface area contributed by atoms with Crippen LogP contribution in [-0.2, 0) is 16.0 Å². The highest BCUT2D eigenvalue weighted by molar-refractivity contribution is 6.30. The largest absolute Gasteiger partial charge is 0.356 e. The number of hydrogen-bond acceptors (Lipinski definition) is 2. The maximum atomic E-state index is 12.3. The van der Waals surface area contributed by atoms with E-state index in [1.165, 1.54) is 5.56 Å². The first-order valence-corrected chi connectivity index (χ1v) is 9.39. The molecule has 1 fully saturated rings. The quantitative estimate of drug-likeness (QED) is 0.753. The van der Waals surface area contributed by atoms with Gasteiger partial charge >= 0.3 is 0 Å². The first kappa shape index (κ1) is 18.5. The lowest BCUT2D eigenvalue weighted by Gasteiger charge is -2.16. The lowest BCUT2D eigenvalue weighted by molar-refractivity contribution is -0.126. The van der Waals surface area contributed by atoms with Crippen LogP contribution in [0.3, 0.4) is 0 Å².